The Kier molecular flexibility index (Phi) is 1.96. The first-order chi connectivity index (χ1) is 10.1. The van der Waals surface area contributed by atoms with E-state index in [2.05, 4.69) is 26.2 Å². The van der Waals surface area contributed by atoms with Gasteiger partial charge in [-0.3, -0.25) is 14.1 Å². The molecular weight excluding hydrogens is 332 g/mol. The summed E-state index contributed by atoms with van der Waals surface area (Å²) in [6.45, 7) is 0.790. The lowest BCUT2D eigenvalue weighted by atomic mass is 10.1. The molecule has 0 radical (unpaired) electrons. The highest BCUT2D eigenvalue weighted by Gasteiger charge is 2.48. The molecule has 21 heavy (non-hydrogen) atoms. The number of imidazole rings is 1. The molecule has 1 aliphatic heterocycles. The average molecular weight is 345 g/mol. The Morgan fingerprint density at radius 1 is 1.38 bits per heavy atom. The van der Waals surface area contributed by atoms with Crippen LogP contribution in [0.1, 0.15) is 12.8 Å². The topological polar surface area (TPSA) is 51.9 Å². The van der Waals surface area contributed by atoms with Crippen molar-refractivity contribution in [1.29, 1.82) is 0 Å². The van der Waals surface area contributed by atoms with Crippen molar-refractivity contribution in [2.45, 2.75) is 18.4 Å². The van der Waals surface area contributed by atoms with Gasteiger partial charge in [-0.1, -0.05) is 0 Å². The first kappa shape index (κ1) is 11.8. The van der Waals surface area contributed by atoms with E-state index in [0.717, 1.165) is 51.5 Å². The Bertz CT molecular complexity index is 996. The van der Waals surface area contributed by atoms with Gasteiger partial charge in [0.05, 0.1) is 39.4 Å². The molecular formula is C15H13BrN4O. The molecule has 0 unspecified atom stereocenters. The smallest absolute Gasteiger partial charge is 0.329 e. The van der Waals surface area contributed by atoms with E-state index in [0.29, 0.717) is 0 Å². The zero-order valence-corrected chi connectivity index (χ0v) is 13.1. The number of aromatic nitrogens is 3. The van der Waals surface area contributed by atoms with Crippen LogP contribution in [-0.4, -0.2) is 20.7 Å². The minimum atomic E-state index is -0.0661. The molecule has 5 rings (SSSR count). The van der Waals surface area contributed by atoms with Crippen LogP contribution >= 0.6 is 15.9 Å². The summed E-state index contributed by atoms with van der Waals surface area (Å²) in [4.78, 5) is 17.3. The monoisotopic (exact) mass is 344 g/mol. The quantitative estimate of drug-likeness (QED) is 0.681. The first-order valence-electron chi connectivity index (χ1n) is 7.05. The Hall–Kier alpha value is -1.82. The maximum atomic E-state index is 12.7. The van der Waals surface area contributed by atoms with Crippen molar-refractivity contribution in [2.75, 3.05) is 11.9 Å². The van der Waals surface area contributed by atoms with E-state index in [9.17, 15) is 4.79 Å². The molecule has 0 bridgehead atoms. The molecule has 1 saturated carbocycles. The second-order valence-electron chi connectivity index (χ2n) is 6.06. The summed E-state index contributed by atoms with van der Waals surface area (Å²) in [5, 5.41) is 4.58. The van der Waals surface area contributed by atoms with Crippen molar-refractivity contribution in [3.8, 4) is 0 Å². The number of fused-ring (bicyclic) bond motifs is 1. The molecule has 1 fully saturated rings. The number of nitrogens with one attached hydrogen (secondary N) is 1. The molecule has 2 aromatic heterocycles. The van der Waals surface area contributed by atoms with Crippen LogP contribution in [0.15, 0.2) is 27.6 Å². The Balaban J connectivity index is 2.14. The van der Waals surface area contributed by atoms with Crippen molar-refractivity contribution in [2.24, 2.45) is 7.05 Å². The molecule has 2 aliphatic rings. The number of aryl methyl sites for hydroxylation is 1. The van der Waals surface area contributed by atoms with Gasteiger partial charge in [-0.05, 0) is 40.9 Å². The zero-order valence-electron chi connectivity index (χ0n) is 11.5. The van der Waals surface area contributed by atoms with Crippen molar-refractivity contribution < 1.29 is 0 Å². The van der Waals surface area contributed by atoms with Crippen LogP contribution in [0.5, 0.6) is 0 Å². The summed E-state index contributed by atoms with van der Waals surface area (Å²) in [6.07, 6.45) is 3.91. The molecule has 1 N–H and O–H groups in total. The second-order valence-corrected chi connectivity index (χ2v) is 6.92. The number of nitrogens with zero attached hydrogens (tertiary/aromatic N) is 3. The van der Waals surface area contributed by atoms with Crippen molar-refractivity contribution in [3.05, 3.63) is 33.3 Å². The number of rotatable bonds is 0. The fourth-order valence-electron chi connectivity index (χ4n) is 3.54. The van der Waals surface area contributed by atoms with Crippen LogP contribution in [0.4, 0.5) is 5.69 Å². The van der Waals surface area contributed by atoms with E-state index in [-0.39, 0.29) is 11.2 Å². The van der Waals surface area contributed by atoms with Gasteiger partial charge in [0.2, 0.25) is 0 Å². The predicted octanol–water partition coefficient (Wildman–Crippen LogP) is 2.57. The molecule has 0 atom stereocenters. The highest BCUT2D eigenvalue weighted by Crippen LogP contribution is 2.48. The van der Waals surface area contributed by atoms with E-state index in [1.54, 1.807) is 4.57 Å². The van der Waals surface area contributed by atoms with E-state index < -0.39 is 0 Å². The van der Waals surface area contributed by atoms with Gasteiger partial charge in [-0.25, -0.2) is 4.79 Å². The minimum Gasteiger partial charge on any atom is -0.381 e. The summed E-state index contributed by atoms with van der Waals surface area (Å²) in [5.74, 6) is 0. The van der Waals surface area contributed by atoms with E-state index >= 15 is 0 Å². The molecule has 3 aromatic rings. The summed E-state index contributed by atoms with van der Waals surface area (Å²) < 4.78 is 4.74. The van der Waals surface area contributed by atoms with Crippen LogP contribution in [0.2, 0.25) is 0 Å². The molecule has 1 aliphatic carbocycles. The SMILES string of the molecule is Cn1c(=O)n2c3c4c(c(Br)ccc4ncc31)NCC21CC1. The Morgan fingerprint density at radius 2 is 2.19 bits per heavy atom. The van der Waals surface area contributed by atoms with Gasteiger partial charge in [-0.2, -0.15) is 0 Å². The maximum Gasteiger partial charge on any atom is 0.329 e. The largest absolute Gasteiger partial charge is 0.381 e. The van der Waals surface area contributed by atoms with Gasteiger partial charge in [-0.15, -0.1) is 0 Å². The zero-order chi connectivity index (χ0) is 14.4. The third-order valence-corrected chi connectivity index (χ3v) is 5.56. The fourth-order valence-corrected chi connectivity index (χ4v) is 4.01. The standard InChI is InChI=1S/C15H13BrN4O/c1-19-10-6-17-9-3-2-8(16)12-11(9)13(10)20(14(19)21)15(4-5-15)7-18-12/h2-3,6,18H,4-5,7H2,1H3. The molecule has 5 nitrogen and oxygen atoms in total. The van der Waals surface area contributed by atoms with E-state index in [1.165, 1.54) is 0 Å². The summed E-state index contributed by atoms with van der Waals surface area (Å²) in [7, 11) is 1.83. The van der Waals surface area contributed by atoms with Crippen LogP contribution in [0.3, 0.4) is 0 Å². The van der Waals surface area contributed by atoms with Gasteiger partial charge >= 0.3 is 5.69 Å². The first-order valence-corrected chi connectivity index (χ1v) is 7.85. The van der Waals surface area contributed by atoms with Gasteiger partial charge in [0.1, 0.15) is 0 Å². The van der Waals surface area contributed by atoms with Gasteiger partial charge in [0, 0.05) is 18.1 Å². The highest BCUT2D eigenvalue weighted by atomic mass is 79.9. The van der Waals surface area contributed by atoms with Crippen molar-refractivity contribution in [3.63, 3.8) is 0 Å². The van der Waals surface area contributed by atoms with E-state index in [1.807, 2.05) is 29.9 Å². The summed E-state index contributed by atoms with van der Waals surface area (Å²) in [6, 6.07) is 4.01. The maximum absolute atomic E-state index is 12.7. The molecule has 1 spiro atoms. The van der Waals surface area contributed by atoms with Crippen molar-refractivity contribution >= 4 is 43.6 Å². The Labute approximate surface area is 128 Å². The predicted molar refractivity (Wildman–Crippen MR) is 85.9 cm³/mol. The molecule has 1 aromatic carbocycles. The van der Waals surface area contributed by atoms with Crippen LogP contribution in [-0.2, 0) is 12.6 Å². The minimum absolute atomic E-state index is 0.0615. The third kappa shape index (κ3) is 1.27. The molecule has 0 saturated heterocycles. The van der Waals surface area contributed by atoms with Gasteiger partial charge in [0.25, 0.3) is 0 Å². The van der Waals surface area contributed by atoms with Crippen LogP contribution in [0, 0.1) is 0 Å². The summed E-state index contributed by atoms with van der Waals surface area (Å²) >= 11 is 3.63. The van der Waals surface area contributed by atoms with Crippen LogP contribution < -0.4 is 11.0 Å². The molecule has 3 heterocycles. The Morgan fingerprint density at radius 3 is 2.95 bits per heavy atom. The molecule has 6 heteroatoms. The number of pyridine rings is 1. The normalized spacial score (nSPS) is 18.4. The molecule has 0 amide bonds. The highest BCUT2D eigenvalue weighted by molar-refractivity contribution is 9.10. The van der Waals surface area contributed by atoms with Gasteiger partial charge < -0.3 is 5.32 Å². The van der Waals surface area contributed by atoms with Gasteiger partial charge in [0.15, 0.2) is 0 Å². The fraction of sp³-hybridized carbons (Fsp3) is 0.333. The third-order valence-electron chi connectivity index (χ3n) is 4.90. The van der Waals surface area contributed by atoms with E-state index in [4.69, 9.17) is 0 Å². The summed E-state index contributed by atoms with van der Waals surface area (Å²) in [5.41, 5.74) is 3.89. The lowest BCUT2D eigenvalue weighted by molar-refractivity contribution is 0.501. The number of hydrogen-bond acceptors (Lipinski definition) is 3. The number of benzene rings is 1. The second kappa shape index (κ2) is 3.50. The molecule has 106 valence electrons. The number of anilines is 1. The number of halogens is 1. The number of hydrogen-bond donors (Lipinski definition) is 1. The lowest BCUT2D eigenvalue weighted by Gasteiger charge is -2.15. The van der Waals surface area contributed by atoms with Crippen LogP contribution in [0.25, 0.3) is 21.9 Å². The average Bonchev–Trinajstić information content (AvgIpc) is 3.23. The lowest BCUT2D eigenvalue weighted by Crippen LogP contribution is -2.34. The van der Waals surface area contributed by atoms with Crippen molar-refractivity contribution in [1.82, 2.24) is 14.1 Å².